The van der Waals surface area contributed by atoms with Crippen LogP contribution in [0.2, 0.25) is 0 Å². The van der Waals surface area contributed by atoms with Gasteiger partial charge in [-0.15, -0.1) is 0 Å². The Morgan fingerprint density at radius 2 is 1.78 bits per heavy atom. The number of carbonyl (C=O) groups is 1. The molecule has 0 radical (unpaired) electrons. The molecule has 4 nitrogen and oxygen atoms in total. The minimum absolute atomic E-state index is 0.0795. The Balaban J connectivity index is 1.77. The van der Waals surface area contributed by atoms with Crippen molar-refractivity contribution < 1.29 is 13.6 Å². The number of aromatic nitrogens is 2. The number of rotatable bonds is 5. The highest BCUT2D eigenvalue weighted by Gasteiger charge is 2.18. The molecule has 6 heteroatoms. The minimum Gasteiger partial charge on any atom is -0.341 e. The van der Waals surface area contributed by atoms with Crippen LogP contribution in [-0.4, -0.2) is 27.6 Å². The molecule has 140 valence electrons. The van der Waals surface area contributed by atoms with E-state index < -0.39 is 0 Å². The maximum atomic E-state index is 13.3. The third-order valence-corrected chi connectivity index (χ3v) is 4.57. The van der Waals surface area contributed by atoms with Gasteiger partial charge in [0.25, 0.3) is 0 Å². The van der Waals surface area contributed by atoms with Gasteiger partial charge in [0.2, 0.25) is 5.91 Å². The van der Waals surface area contributed by atoms with Gasteiger partial charge < -0.3 is 4.90 Å². The van der Waals surface area contributed by atoms with Crippen LogP contribution in [0, 0.1) is 25.5 Å². The molecule has 0 atom stereocenters. The van der Waals surface area contributed by atoms with Gasteiger partial charge in [-0.1, -0.05) is 12.1 Å². The molecule has 0 aliphatic rings. The third kappa shape index (κ3) is 4.22. The van der Waals surface area contributed by atoms with Crippen LogP contribution in [0.15, 0.2) is 48.5 Å². The molecular formula is C21H21F2N3O. The van der Waals surface area contributed by atoms with Crippen LogP contribution in [0.25, 0.3) is 5.69 Å². The number of nitrogens with zero attached hydrogens (tertiary/aromatic N) is 3. The van der Waals surface area contributed by atoms with Gasteiger partial charge in [0.1, 0.15) is 11.6 Å². The highest BCUT2D eigenvalue weighted by molar-refractivity contribution is 5.79. The molecule has 1 amide bonds. The van der Waals surface area contributed by atoms with Crippen molar-refractivity contribution in [2.75, 3.05) is 7.05 Å². The molecule has 27 heavy (non-hydrogen) atoms. The molecule has 0 N–H and O–H groups in total. The number of carbonyl (C=O) groups excluding carboxylic acids is 1. The van der Waals surface area contributed by atoms with Gasteiger partial charge in [0.15, 0.2) is 0 Å². The fraction of sp³-hybridized carbons (Fsp3) is 0.238. The minimum atomic E-state index is -0.319. The van der Waals surface area contributed by atoms with Crippen molar-refractivity contribution in [3.63, 3.8) is 0 Å². The van der Waals surface area contributed by atoms with Gasteiger partial charge in [-0.2, -0.15) is 5.10 Å². The van der Waals surface area contributed by atoms with Gasteiger partial charge in [0.05, 0.1) is 17.8 Å². The van der Waals surface area contributed by atoms with Gasteiger partial charge in [0, 0.05) is 24.8 Å². The Kier molecular flexibility index (Phi) is 5.35. The van der Waals surface area contributed by atoms with Crippen LogP contribution in [0.1, 0.15) is 22.5 Å². The van der Waals surface area contributed by atoms with Crippen LogP contribution in [0.4, 0.5) is 8.78 Å². The van der Waals surface area contributed by atoms with Gasteiger partial charge in [-0.3, -0.25) is 4.79 Å². The van der Waals surface area contributed by atoms with Crippen molar-refractivity contribution in [3.8, 4) is 5.69 Å². The van der Waals surface area contributed by atoms with Gasteiger partial charge in [-0.25, -0.2) is 13.5 Å². The lowest BCUT2D eigenvalue weighted by Crippen LogP contribution is -2.28. The highest BCUT2D eigenvalue weighted by Crippen LogP contribution is 2.20. The Morgan fingerprint density at radius 1 is 1.07 bits per heavy atom. The predicted molar refractivity (Wildman–Crippen MR) is 99.6 cm³/mol. The molecule has 3 aromatic rings. The number of hydrogen-bond acceptors (Lipinski definition) is 2. The SMILES string of the molecule is Cc1nn(-c2ccc(F)cc2)c(C)c1CC(=O)N(C)Cc1cccc(F)c1. The average Bonchev–Trinajstić information content (AvgIpc) is 2.90. The normalized spacial score (nSPS) is 10.9. The summed E-state index contributed by atoms with van der Waals surface area (Å²) in [7, 11) is 1.70. The van der Waals surface area contributed by atoms with E-state index >= 15 is 0 Å². The zero-order chi connectivity index (χ0) is 19.6. The first kappa shape index (κ1) is 18.8. The summed E-state index contributed by atoms with van der Waals surface area (Å²) in [6, 6.07) is 12.3. The maximum Gasteiger partial charge on any atom is 0.227 e. The first-order valence-electron chi connectivity index (χ1n) is 8.64. The van der Waals surface area contributed by atoms with E-state index in [1.54, 1.807) is 40.9 Å². The standard InChI is InChI=1S/C21H21F2N3O/c1-14-20(15(2)26(24-14)19-9-7-17(22)8-10-19)12-21(27)25(3)13-16-5-4-6-18(23)11-16/h4-11H,12-13H2,1-3H3. The Morgan fingerprint density at radius 3 is 2.44 bits per heavy atom. The summed E-state index contributed by atoms with van der Waals surface area (Å²) < 4.78 is 28.2. The Bertz CT molecular complexity index is 964. The van der Waals surface area contributed by atoms with Gasteiger partial charge in [-0.05, 0) is 55.8 Å². The molecule has 0 aliphatic heterocycles. The highest BCUT2D eigenvalue weighted by atomic mass is 19.1. The van der Waals surface area contributed by atoms with Crippen molar-refractivity contribution in [1.82, 2.24) is 14.7 Å². The molecule has 3 rings (SSSR count). The van der Waals surface area contributed by atoms with E-state index in [4.69, 9.17) is 0 Å². The molecular weight excluding hydrogens is 348 g/mol. The van der Waals surface area contributed by atoms with Crippen molar-refractivity contribution in [2.24, 2.45) is 0 Å². The predicted octanol–water partition coefficient (Wildman–Crippen LogP) is 3.97. The summed E-state index contributed by atoms with van der Waals surface area (Å²) in [4.78, 5) is 14.2. The first-order chi connectivity index (χ1) is 12.8. The summed E-state index contributed by atoms with van der Waals surface area (Å²) in [5.74, 6) is -0.709. The molecule has 1 aromatic heterocycles. The Labute approximate surface area is 157 Å². The van der Waals surface area contributed by atoms with Crippen molar-refractivity contribution in [2.45, 2.75) is 26.8 Å². The number of likely N-dealkylation sites (N-methyl/N-ethyl adjacent to an activating group) is 1. The molecule has 1 heterocycles. The lowest BCUT2D eigenvalue weighted by Gasteiger charge is -2.17. The quantitative estimate of drug-likeness (QED) is 0.683. The van der Waals surface area contributed by atoms with Crippen LogP contribution < -0.4 is 0 Å². The molecule has 0 spiro atoms. The molecule has 0 saturated heterocycles. The van der Waals surface area contributed by atoms with E-state index in [-0.39, 0.29) is 24.0 Å². The number of aryl methyl sites for hydroxylation is 1. The van der Waals surface area contributed by atoms with Crippen molar-refractivity contribution in [1.29, 1.82) is 0 Å². The van der Waals surface area contributed by atoms with E-state index in [1.165, 1.54) is 24.3 Å². The second kappa shape index (κ2) is 7.70. The molecule has 0 unspecified atom stereocenters. The van der Waals surface area contributed by atoms with E-state index in [0.29, 0.717) is 6.54 Å². The topological polar surface area (TPSA) is 38.1 Å². The number of halogens is 2. The molecule has 0 bridgehead atoms. The fourth-order valence-corrected chi connectivity index (χ4v) is 3.05. The summed E-state index contributed by atoms with van der Waals surface area (Å²) in [6.45, 7) is 4.07. The monoisotopic (exact) mass is 369 g/mol. The maximum absolute atomic E-state index is 13.3. The third-order valence-electron chi connectivity index (χ3n) is 4.57. The fourth-order valence-electron chi connectivity index (χ4n) is 3.05. The molecule has 0 aliphatic carbocycles. The van der Waals surface area contributed by atoms with Crippen LogP contribution in [0.5, 0.6) is 0 Å². The Hall–Kier alpha value is -3.02. The zero-order valence-electron chi connectivity index (χ0n) is 15.5. The second-order valence-electron chi connectivity index (χ2n) is 6.59. The summed E-state index contributed by atoms with van der Waals surface area (Å²) >= 11 is 0. The molecule has 0 fully saturated rings. The van der Waals surface area contributed by atoms with E-state index in [9.17, 15) is 13.6 Å². The number of hydrogen-bond donors (Lipinski definition) is 0. The average molecular weight is 369 g/mol. The van der Waals surface area contributed by atoms with Crippen LogP contribution >= 0.6 is 0 Å². The number of amides is 1. The number of benzene rings is 2. The second-order valence-corrected chi connectivity index (χ2v) is 6.59. The summed E-state index contributed by atoms with van der Waals surface area (Å²) in [5, 5.41) is 4.49. The summed E-state index contributed by atoms with van der Waals surface area (Å²) in [6.07, 6.45) is 0.199. The zero-order valence-corrected chi connectivity index (χ0v) is 15.5. The largest absolute Gasteiger partial charge is 0.341 e. The lowest BCUT2D eigenvalue weighted by atomic mass is 10.1. The van der Waals surface area contributed by atoms with Crippen LogP contribution in [-0.2, 0) is 17.8 Å². The van der Waals surface area contributed by atoms with E-state index in [2.05, 4.69) is 5.10 Å². The van der Waals surface area contributed by atoms with Crippen molar-refractivity contribution in [3.05, 3.63) is 82.7 Å². The van der Waals surface area contributed by atoms with Crippen molar-refractivity contribution >= 4 is 5.91 Å². The van der Waals surface area contributed by atoms with Crippen LogP contribution in [0.3, 0.4) is 0 Å². The smallest absolute Gasteiger partial charge is 0.227 e. The lowest BCUT2D eigenvalue weighted by molar-refractivity contribution is -0.129. The van der Waals surface area contributed by atoms with Gasteiger partial charge >= 0.3 is 0 Å². The molecule has 0 saturated carbocycles. The first-order valence-corrected chi connectivity index (χ1v) is 8.64. The molecule has 2 aromatic carbocycles. The van der Waals surface area contributed by atoms with E-state index in [0.717, 1.165) is 28.2 Å². The van der Waals surface area contributed by atoms with E-state index in [1.807, 2.05) is 13.8 Å². The summed E-state index contributed by atoms with van der Waals surface area (Å²) in [5.41, 5.74) is 3.91.